The predicted octanol–water partition coefficient (Wildman–Crippen LogP) is 4.16. The van der Waals surface area contributed by atoms with E-state index < -0.39 is 0 Å². The molecule has 0 fully saturated rings. The van der Waals surface area contributed by atoms with E-state index in [2.05, 4.69) is 16.4 Å². The minimum absolute atomic E-state index is 0.00585. The number of rotatable bonds is 8. The average Bonchev–Trinajstić information content (AvgIpc) is 3.14. The second kappa shape index (κ2) is 8.82. The smallest absolute Gasteiger partial charge is 0.246 e. The molecule has 0 saturated heterocycles. The number of hydrogen-bond acceptors (Lipinski definition) is 5. The lowest BCUT2D eigenvalue weighted by Gasteiger charge is -2.09. The fourth-order valence-electron chi connectivity index (χ4n) is 2.88. The van der Waals surface area contributed by atoms with E-state index in [0.717, 1.165) is 26.4 Å². The Morgan fingerprint density at radius 2 is 1.82 bits per heavy atom. The zero-order chi connectivity index (χ0) is 19.2. The molecule has 6 heteroatoms. The molecule has 0 spiro atoms. The van der Waals surface area contributed by atoms with E-state index in [9.17, 15) is 4.79 Å². The predicted molar refractivity (Wildman–Crippen MR) is 112 cm³/mol. The number of ether oxygens (including phenoxy) is 2. The summed E-state index contributed by atoms with van der Waals surface area (Å²) in [5, 5.41) is 5.97. The van der Waals surface area contributed by atoms with Crippen molar-refractivity contribution in [2.24, 2.45) is 0 Å². The molecule has 1 amide bonds. The normalized spacial score (nSPS) is 11.0. The molecule has 4 rings (SSSR count). The number of hydrogen-bond donors (Lipinski definition) is 1. The highest BCUT2D eigenvalue weighted by Gasteiger charge is 2.06. The summed E-state index contributed by atoms with van der Waals surface area (Å²) in [6.45, 7) is 1.17. The third-order valence-electron chi connectivity index (χ3n) is 4.21. The summed E-state index contributed by atoms with van der Waals surface area (Å²) in [5.41, 5.74) is 0.960. The SMILES string of the molecule is O=C(COCc1nc2ccccc2s1)NCCOc1ccc2ccccc2c1. The van der Waals surface area contributed by atoms with Crippen LogP contribution in [0.25, 0.3) is 21.0 Å². The van der Waals surface area contributed by atoms with Crippen LogP contribution in [0.4, 0.5) is 0 Å². The highest BCUT2D eigenvalue weighted by Crippen LogP contribution is 2.22. The van der Waals surface area contributed by atoms with Gasteiger partial charge in [0.15, 0.2) is 0 Å². The van der Waals surface area contributed by atoms with Gasteiger partial charge >= 0.3 is 0 Å². The van der Waals surface area contributed by atoms with Crippen LogP contribution in [-0.4, -0.2) is 30.6 Å². The minimum Gasteiger partial charge on any atom is -0.492 e. The molecule has 0 aliphatic heterocycles. The van der Waals surface area contributed by atoms with Crippen LogP contribution in [0, 0.1) is 0 Å². The molecule has 28 heavy (non-hydrogen) atoms. The molecule has 5 nitrogen and oxygen atoms in total. The minimum atomic E-state index is -0.164. The molecular formula is C22H20N2O3S. The first-order valence-electron chi connectivity index (χ1n) is 9.08. The largest absolute Gasteiger partial charge is 0.492 e. The molecule has 3 aromatic carbocycles. The van der Waals surface area contributed by atoms with Gasteiger partial charge in [-0.1, -0.05) is 42.5 Å². The lowest BCUT2D eigenvalue weighted by Crippen LogP contribution is -2.31. The zero-order valence-corrected chi connectivity index (χ0v) is 16.1. The molecule has 4 aromatic rings. The van der Waals surface area contributed by atoms with Gasteiger partial charge in [-0.05, 0) is 35.0 Å². The lowest BCUT2D eigenvalue weighted by molar-refractivity contribution is -0.126. The van der Waals surface area contributed by atoms with Gasteiger partial charge in [0, 0.05) is 0 Å². The van der Waals surface area contributed by atoms with Gasteiger partial charge < -0.3 is 14.8 Å². The van der Waals surface area contributed by atoms with Crippen molar-refractivity contribution in [3.05, 3.63) is 71.7 Å². The summed E-state index contributed by atoms with van der Waals surface area (Å²) in [6.07, 6.45) is 0. The van der Waals surface area contributed by atoms with Gasteiger partial charge in [-0.15, -0.1) is 11.3 Å². The summed E-state index contributed by atoms with van der Waals surface area (Å²) in [6, 6.07) is 22.0. The summed E-state index contributed by atoms with van der Waals surface area (Å²) in [5.74, 6) is 0.628. The van der Waals surface area contributed by atoms with Gasteiger partial charge in [-0.25, -0.2) is 4.98 Å². The van der Waals surface area contributed by atoms with E-state index in [0.29, 0.717) is 19.8 Å². The van der Waals surface area contributed by atoms with Crippen molar-refractivity contribution in [3.63, 3.8) is 0 Å². The standard InChI is InChI=1S/C22H20N2O3S/c25-21(14-26-15-22-24-19-7-3-4-8-20(19)28-22)23-11-12-27-18-10-9-16-5-1-2-6-17(16)13-18/h1-10,13H,11-12,14-15H2,(H,23,25). The number of nitrogens with zero attached hydrogens (tertiary/aromatic N) is 1. The third kappa shape index (κ3) is 4.65. The molecule has 0 unspecified atom stereocenters. The molecule has 1 N–H and O–H groups in total. The third-order valence-corrected chi connectivity index (χ3v) is 5.22. The summed E-state index contributed by atoms with van der Waals surface area (Å²) >= 11 is 1.58. The van der Waals surface area contributed by atoms with Crippen molar-refractivity contribution in [3.8, 4) is 5.75 Å². The van der Waals surface area contributed by atoms with E-state index in [1.54, 1.807) is 11.3 Å². The Labute approximate surface area is 166 Å². The number of thiazole rings is 1. The molecule has 1 aromatic heterocycles. The van der Waals surface area contributed by atoms with Gasteiger partial charge in [0.2, 0.25) is 5.91 Å². The highest BCUT2D eigenvalue weighted by molar-refractivity contribution is 7.18. The van der Waals surface area contributed by atoms with Gasteiger partial charge in [0.1, 0.15) is 24.0 Å². The highest BCUT2D eigenvalue weighted by atomic mass is 32.1. The maximum atomic E-state index is 11.9. The fraction of sp³-hybridized carbons (Fsp3) is 0.182. The average molecular weight is 392 g/mol. The van der Waals surface area contributed by atoms with E-state index >= 15 is 0 Å². The second-order valence-corrected chi connectivity index (χ2v) is 7.39. The van der Waals surface area contributed by atoms with E-state index in [-0.39, 0.29) is 12.5 Å². The quantitative estimate of drug-likeness (QED) is 0.458. The maximum absolute atomic E-state index is 11.9. The van der Waals surface area contributed by atoms with Crippen LogP contribution in [0.1, 0.15) is 5.01 Å². The number of benzene rings is 3. The number of carbonyl (C=O) groups excluding carboxylic acids is 1. The van der Waals surface area contributed by atoms with Crippen molar-refractivity contribution in [2.75, 3.05) is 19.8 Å². The molecule has 0 radical (unpaired) electrons. The lowest BCUT2D eigenvalue weighted by atomic mass is 10.1. The molecule has 142 valence electrons. The Morgan fingerprint density at radius 3 is 2.71 bits per heavy atom. The first-order chi connectivity index (χ1) is 13.8. The number of aromatic nitrogens is 1. The van der Waals surface area contributed by atoms with E-state index in [4.69, 9.17) is 9.47 Å². The summed E-state index contributed by atoms with van der Waals surface area (Å²) in [4.78, 5) is 16.4. The Balaban J connectivity index is 1.16. The molecule has 0 aliphatic rings. The zero-order valence-electron chi connectivity index (χ0n) is 15.3. The van der Waals surface area contributed by atoms with Crippen LogP contribution >= 0.6 is 11.3 Å². The van der Waals surface area contributed by atoms with Crippen LogP contribution in [-0.2, 0) is 16.1 Å². The van der Waals surface area contributed by atoms with E-state index in [1.807, 2.05) is 60.7 Å². The fourth-order valence-corrected chi connectivity index (χ4v) is 3.79. The second-order valence-electron chi connectivity index (χ2n) is 6.28. The van der Waals surface area contributed by atoms with Crippen molar-refractivity contribution in [2.45, 2.75) is 6.61 Å². The topological polar surface area (TPSA) is 60.5 Å². The molecule has 0 aliphatic carbocycles. The van der Waals surface area contributed by atoms with Crippen LogP contribution in [0.2, 0.25) is 0 Å². The first-order valence-corrected chi connectivity index (χ1v) is 9.90. The van der Waals surface area contributed by atoms with Crippen LogP contribution in [0.3, 0.4) is 0 Å². The van der Waals surface area contributed by atoms with Gasteiger partial charge in [0.25, 0.3) is 0 Å². The first kappa shape index (κ1) is 18.4. The summed E-state index contributed by atoms with van der Waals surface area (Å²) in [7, 11) is 0. The Kier molecular flexibility index (Phi) is 5.80. The Morgan fingerprint density at radius 1 is 1.00 bits per heavy atom. The van der Waals surface area contributed by atoms with Crippen LogP contribution in [0.5, 0.6) is 5.75 Å². The van der Waals surface area contributed by atoms with Crippen molar-refractivity contribution < 1.29 is 14.3 Å². The number of para-hydroxylation sites is 1. The Bertz CT molecular complexity index is 1060. The number of carbonyl (C=O) groups is 1. The Hall–Kier alpha value is -2.96. The van der Waals surface area contributed by atoms with Crippen LogP contribution in [0.15, 0.2) is 66.7 Å². The summed E-state index contributed by atoms with van der Waals surface area (Å²) < 4.78 is 12.3. The maximum Gasteiger partial charge on any atom is 0.246 e. The van der Waals surface area contributed by atoms with E-state index in [1.165, 1.54) is 5.39 Å². The monoisotopic (exact) mass is 392 g/mol. The molecule has 1 heterocycles. The van der Waals surface area contributed by atoms with Crippen molar-refractivity contribution in [1.82, 2.24) is 10.3 Å². The molecular weight excluding hydrogens is 372 g/mol. The van der Waals surface area contributed by atoms with Crippen molar-refractivity contribution >= 4 is 38.2 Å². The van der Waals surface area contributed by atoms with Crippen LogP contribution < -0.4 is 10.1 Å². The van der Waals surface area contributed by atoms with Gasteiger partial charge in [0.05, 0.1) is 23.4 Å². The van der Waals surface area contributed by atoms with Gasteiger partial charge in [-0.2, -0.15) is 0 Å². The number of nitrogens with one attached hydrogen (secondary N) is 1. The molecule has 0 bridgehead atoms. The molecule has 0 saturated carbocycles. The number of amides is 1. The van der Waals surface area contributed by atoms with Gasteiger partial charge in [-0.3, -0.25) is 4.79 Å². The van der Waals surface area contributed by atoms with Crippen molar-refractivity contribution in [1.29, 1.82) is 0 Å². The molecule has 0 atom stereocenters. The number of fused-ring (bicyclic) bond motifs is 2.